The monoisotopic (exact) mass is 314 g/mol. The second-order valence-electron chi connectivity index (χ2n) is 4.44. The summed E-state index contributed by atoms with van der Waals surface area (Å²) in [6.45, 7) is 1.99. The van der Waals surface area contributed by atoms with Gasteiger partial charge in [-0.2, -0.15) is 0 Å². The molecule has 0 aliphatic heterocycles. The van der Waals surface area contributed by atoms with Crippen molar-refractivity contribution in [3.63, 3.8) is 0 Å². The number of carbonyl (C=O) groups is 1. The lowest BCUT2D eigenvalue weighted by Gasteiger charge is -2.04. The minimum Gasteiger partial charge on any atom is -0.360 e. The van der Waals surface area contributed by atoms with Gasteiger partial charge in [-0.1, -0.05) is 22.0 Å². The molecule has 0 amide bonds. The van der Waals surface area contributed by atoms with E-state index in [2.05, 4.69) is 25.9 Å². The van der Waals surface area contributed by atoms with Gasteiger partial charge in [0.25, 0.3) is 0 Å². The maximum absolute atomic E-state index is 12.6. The zero-order valence-corrected chi connectivity index (χ0v) is 11.9. The van der Waals surface area contributed by atoms with Gasteiger partial charge in [0, 0.05) is 45.1 Å². The van der Waals surface area contributed by atoms with Gasteiger partial charge in [0.1, 0.15) is 0 Å². The zero-order chi connectivity index (χ0) is 13.4. The van der Waals surface area contributed by atoms with Crippen molar-refractivity contribution in [3.05, 3.63) is 64.0 Å². The third-order valence-corrected chi connectivity index (χ3v) is 3.75. The lowest BCUT2D eigenvalue weighted by molar-refractivity contribution is 0.103. The van der Waals surface area contributed by atoms with E-state index in [1.807, 2.05) is 31.2 Å². The number of ketones is 1. The first kappa shape index (κ1) is 12.1. The summed E-state index contributed by atoms with van der Waals surface area (Å²) in [7, 11) is 0. The summed E-state index contributed by atoms with van der Waals surface area (Å²) >= 11 is 3.45. The number of nitrogens with one attached hydrogen (secondary N) is 1. The van der Waals surface area contributed by atoms with Crippen molar-refractivity contribution < 1.29 is 4.79 Å². The number of nitrogens with zero attached hydrogens (tertiary/aromatic N) is 1. The number of halogens is 1. The molecule has 0 radical (unpaired) electrons. The van der Waals surface area contributed by atoms with Crippen molar-refractivity contribution in [1.29, 1.82) is 0 Å². The van der Waals surface area contributed by atoms with E-state index in [9.17, 15) is 4.79 Å². The van der Waals surface area contributed by atoms with Crippen LogP contribution in [0, 0.1) is 6.92 Å². The van der Waals surface area contributed by atoms with Crippen LogP contribution in [-0.4, -0.2) is 15.8 Å². The fraction of sp³-hybridized carbons (Fsp3) is 0.0667. The van der Waals surface area contributed by atoms with Gasteiger partial charge in [0.05, 0.1) is 0 Å². The van der Waals surface area contributed by atoms with Crippen LogP contribution in [0.4, 0.5) is 0 Å². The van der Waals surface area contributed by atoms with E-state index < -0.39 is 0 Å². The van der Waals surface area contributed by atoms with Gasteiger partial charge in [-0.3, -0.25) is 9.78 Å². The Kier molecular flexibility index (Phi) is 2.95. The molecule has 0 saturated carbocycles. The molecule has 0 bridgehead atoms. The molecule has 3 aromatic rings. The number of aromatic amines is 1. The third-order valence-electron chi connectivity index (χ3n) is 3.10. The largest absolute Gasteiger partial charge is 0.360 e. The van der Waals surface area contributed by atoms with Crippen LogP contribution < -0.4 is 0 Å². The van der Waals surface area contributed by atoms with Gasteiger partial charge >= 0.3 is 0 Å². The second-order valence-corrected chi connectivity index (χ2v) is 5.29. The highest BCUT2D eigenvalue weighted by Crippen LogP contribution is 2.25. The lowest BCUT2D eigenvalue weighted by atomic mass is 10.0. The highest BCUT2D eigenvalue weighted by Gasteiger charge is 2.16. The predicted molar refractivity (Wildman–Crippen MR) is 78.4 cm³/mol. The molecule has 94 valence electrons. The molecular formula is C15H11BrN2O. The summed E-state index contributed by atoms with van der Waals surface area (Å²) in [5.41, 5.74) is 3.34. The number of benzene rings is 1. The van der Waals surface area contributed by atoms with Crippen LogP contribution in [0.3, 0.4) is 0 Å². The van der Waals surface area contributed by atoms with Gasteiger partial charge in [-0.15, -0.1) is 0 Å². The van der Waals surface area contributed by atoms with E-state index in [4.69, 9.17) is 0 Å². The SMILES string of the molecule is Cc1ccc(C(=O)c2c[nH]c3ccncc23)c(Br)c1. The number of hydrogen-bond donors (Lipinski definition) is 1. The van der Waals surface area contributed by atoms with E-state index in [1.54, 1.807) is 18.6 Å². The maximum Gasteiger partial charge on any atom is 0.196 e. The van der Waals surface area contributed by atoms with Crippen LogP contribution >= 0.6 is 15.9 Å². The van der Waals surface area contributed by atoms with Crippen molar-refractivity contribution in [2.24, 2.45) is 0 Å². The molecule has 0 spiro atoms. The number of aromatic nitrogens is 2. The maximum atomic E-state index is 12.6. The molecule has 0 aliphatic rings. The smallest absolute Gasteiger partial charge is 0.196 e. The lowest BCUT2D eigenvalue weighted by Crippen LogP contribution is -2.01. The molecule has 1 N–H and O–H groups in total. The number of fused-ring (bicyclic) bond motifs is 1. The van der Waals surface area contributed by atoms with Gasteiger partial charge in [-0.05, 0) is 30.7 Å². The van der Waals surface area contributed by atoms with E-state index in [0.717, 1.165) is 20.9 Å². The molecule has 0 aliphatic carbocycles. The van der Waals surface area contributed by atoms with Gasteiger partial charge in [0.2, 0.25) is 0 Å². The highest BCUT2D eigenvalue weighted by atomic mass is 79.9. The molecule has 3 rings (SSSR count). The van der Waals surface area contributed by atoms with Crippen LogP contribution in [0.5, 0.6) is 0 Å². The topological polar surface area (TPSA) is 45.8 Å². The Hall–Kier alpha value is -1.94. The Balaban J connectivity index is 2.13. The number of aryl methyl sites for hydroxylation is 1. The molecule has 0 unspecified atom stereocenters. The Labute approximate surface area is 118 Å². The molecular weight excluding hydrogens is 304 g/mol. The van der Waals surface area contributed by atoms with Crippen molar-refractivity contribution in [1.82, 2.24) is 9.97 Å². The van der Waals surface area contributed by atoms with Gasteiger partial charge < -0.3 is 4.98 Å². The van der Waals surface area contributed by atoms with Crippen LogP contribution in [0.2, 0.25) is 0 Å². The zero-order valence-electron chi connectivity index (χ0n) is 10.3. The average molecular weight is 315 g/mol. The number of H-pyrrole nitrogens is 1. The molecule has 2 heterocycles. The summed E-state index contributed by atoms with van der Waals surface area (Å²) in [4.78, 5) is 19.7. The molecule has 1 aromatic carbocycles. The number of hydrogen-bond acceptors (Lipinski definition) is 2. The molecule has 2 aromatic heterocycles. The van der Waals surface area contributed by atoms with Crippen molar-refractivity contribution in [2.45, 2.75) is 6.92 Å². The van der Waals surface area contributed by atoms with Crippen molar-refractivity contribution in [2.75, 3.05) is 0 Å². The third kappa shape index (κ3) is 2.08. The van der Waals surface area contributed by atoms with Crippen LogP contribution in [0.15, 0.2) is 47.3 Å². The summed E-state index contributed by atoms with van der Waals surface area (Å²) in [6, 6.07) is 7.58. The van der Waals surface area contributed by atoms with Crippen molar-refractivity contribution >= 4 is 32.6 Å². The minimum atomic E-state index is -0.00822. The minimum absolute atomic E-state index is 0.00822. The Morgan fingerprint density at radius 2 is 2.11 bits per heavy atom. The van der Waals surface area contributed by atoms with E-state index >= 15 is 0 Å². The fourth-order valence-electron chi connectivity index (χ4n) is 2.10. The summed E-state index contributed by atoms with van der Waals surface area (Å²) in [6.07, 6.45) is 5.15. The first-order valence-corrected chi connectivity index (χ1v) is 6.68. The first-order chi connectivity index (χ1) is 9.16. The normalized spacial score (nSPS) is 10.8. The summed E-state index contributed by atoms with van der Waals surface area (Å²) in [5, 5.41) is 0.847. The summed E-state index contributed by atoms with van der Waals surface area (Å²) < 4.78 is 0.816. The second kappa shape index (κ2) is 4.63. The van der Waals surface area contributed by atoms with Crippen LogP contribution in [0.25, 0.3) is 10.9 Å². The van der Waals surface area contributed by atoms with Crippen molar-refractivity contribution in [3.8, 4) is 0 Å². The Bertz CT molecular complexity index is 777. The highest BCUT2D eigenvalue weighted by molar-refractivity contribution is 9.10. The average Bonchev–Trinajstić information content (AvgIpc) is 2.82. The van der Waals surface area contributed by atoms with Gasteiger partial charge in [0.15, 0.2) is 5.78 Å². The molecule has 0 fully saturated rings. The van der Waals surface area contributed by atoms with E-state index in [0.29, 0.717) is 11.1 Å². The van der Waals surface area contributed by atoms with Crippen LogP contribution in [-0.2, 0) is 0 Å². The molecule has 19 heavy (non-hydrogen) atoms. The predicted octanol–water partition coefficient (Wildman–Crippen LogP) is 3.86. The number of pyridine rings is 1. The number of rotatable bonds is 2. The standard InChI is InChI=1S/C15H11BrN2O/c1-9-2-3-10(13(16)6-9)15(19)12-8-18-14-4-5-17-7-11(12)14/h2-8,18H,1H3. The van der Waals surface area contributed by atoms with Gasteiger partial charge in [-0.25, -0.2) is 0 Å². The quantitative estimate of drug-likeness (QED) is 0.730. The van der Waals surface area contributed by atoms with E-state index in [-0.39, 0.29) is 5.78 Å². The Morgan fingerprint density at radius 1 is 1.26 bits per heavy atom. The summed E-state index contributed by atoms with van der Waals surface area (Å²) in [5.74, 6) is -0.00822. The molecule has 3 nitrogen and oxygen atoms in total. The fourth-order valence-corrected chi connectivity index (χ4v) is 2.77. The first-order valence-electron chi connectivity index (χ1n) is 5.89. The molecule has 4 heteroatoms. The number of carbonyl (C=O) groups excluding carboxylic acids is 1. The molecule has 0 saturated heterocycles. The Morgan fingerprint density at radius 3 is 2.89 bits per heavy atom. The molecule has 0 atom stereocenters. The van der Waals surface area contributed by atoms with Crippen LogP contribution in [0.1, 0.15) is 21.5 Å². The van der Waals surface area contributed by atoms with E-state index in [1.165, 1.54) is 0 Å².